The number of aromatic nitrogens is 3. The predicted molar refractivity (Wildman–Crippen MR) is 72.1 cm³/mol. The van der Waals surface area contributed by atoms with Crippen molar-refractivity contribution >= 4 is 16.6 Å². The largest absolute Gasteiger partial charge is 0.439 e. The van der Waals surface area contributed by atoms with Gasteiger partial charge in [0.2, 0.25) is 5.88 Å². The molecule has 0 amide bonds. The number of aromatic amines is 1. The van der Waals surface area contributed by atoms with Crippen LogP contribution in [0.25, 0.3) is 10.9 Å². The van der Waals surface area contributed by atoms with Gasteiger partial charge in [-0.05, 0) is 12.1 Å². The van der Waals surface area contributed by atoms with Gasteiger partial charge in [0, 0.05) is 17.6 Å². The molecule has 0 saturated carbocycles. The van der Waals surface area contributed by atoms with Gasteiger partial charge in [0.25, 0.3) is 5.69 Å². The van der Waals surface area contributed by atoms with Crippen molar-refractivity contribution in [1.82, 2.24) is 15.2 Å². The van der Waals surface area contributed by atoms with E-state index in [1.165, 1.54) is 12.3 Å². The van der Waals surface area contributed by atoms with Crippen LogP contribution in [0.2, 0.25) is 0 Å². The summed E-state index contributed by atoms with van der Waals surface area (Å²) in [6.07, 6.45) is -2.50. The van der Waals surface area contributed by atoms with Crippen LogP contribution in [0.15, 0.2) is 36.7 Å². The van der Waals surface area contributed by atoms with Gasteiger partial charge in [0.1, 0.15) is 11.3 Å². The Bertz CT molecular complexity index is 874. The van der Waals surface area contributed by atoms with E-state index in [0.29, 0.717) is 11.6 Å². The number of nitrogens with zero attached hydrogens (tertiary/aromatic N) is 3. The fraction of sp³-hybridized carbons (Fsp3) is 0.0769. The van der Waals surface area contributed by atoms with Gasteiger partial charge in [-0.1, -0.05) is 0 Å². The smallest absolute Gasteiger partial charge is 0.417 e. The van der Waals surface area contributed by atoms with Crippen molar-refractivity contribution in [3.05, 3.63) is 52.3 Å². The summed E-state index contributed by atoms with van der Waals surface area (Å²) in [7, 11) is 0. The summed E-state index contributed by atoms with van der Waals surface area (Å²) in [5.41, 5.74) is -0.953. The zero-order valence-corrected chi connectivity index (χ0v) is 11.2. The predicted octanol–water partition coefficient (Wildman–Crippen LogP) is 3.68. The van der Waals surface area contributed by atoms with Crippen LogP contribution in [0.1, 0.15) is 5.56 Å². The second-order valence-corrected chi connectivity index (χ2v) is 4.52. The maximum Gasteiger partial charge on any atom is 0.417 e. The average molecular weight is 324 g/mol. The molecule has 0 atom stereocenters. The molecule has 0 spiro atoms. The van der Waals surface area contributed by atoms with Crippen molar-refractivity contribution in [3.63, 3.8) is 0 Å². The minimum atomic E-state index is -4.50. The monoisotopic (exact) mass is 324 g/mol. The summed E-state index contributed by atoms with van der Waals surface area (Å²) >= 11 is 0. The molecular formula is C13H7F3N4O3. The Labute approximate surface area is 125 Å². The van der Waals surface area contributed by atoms with Crippen LogP contribution in [-0.2, 0) is 6.18 Å². The summed E-state index contributed by atoms with van der Waals surface area (Å²) < 4.78 is 42.7. The van der Waals surface area contributed by atoms with Crippen LogP contribution in [-0.4, -0.2) is 20.1 Å². The third-order valence-electron chi connectivity index (χ3n) is 2.98. The molecule has 1 N–H and O–H groups in total. The molecular weight excluding hydrogens is 317 g/mol. The highest BCUT2D eigenvalue weighted by molar-refractivity contribution is 5.88. The van der Waals surface area contributed by atoms with E-state index >= 15 is 0 Å². The molecule has 0 aliphatic carbocycles. The van der Waals surface area contributed by atoms with Crippen LogP contribution >= 0.6 is 0 Å². The number of hydrogen-bond acceptors (Lipinski definition) is 5. The minimum Gasteiger partial charge on any atom is -0.439 e. The number of nitro benzene ring substituents is 1. The number of pyridine rings is 1. The third kappa shape index (κ3) is 2.91. The fourth-order valence-corrected chi connectivity index (χ4v) is 1.94. The second-order valence-electron chi connectivity index (χ2n) is 4.52. The standard InChI is InChI=1S/C13H7F3N4O3/c14-13(15,16)8-1-2-11(17-6-8)23-9-3-7-5-18-19-12(7)10(4-9)20(21)22/h1-6H,(H,18,19). The van der Waals surface area contributed by atoms with Crippen molar-refractivity contribution in [3.8, 4) is 11.6 Å². The molecule has 2 heterocycles. The number of halogens is 3. The third-order valence-corrected chi connectivity index (χ3v) is 2.98. The van der Waals surface area contributed by atoms with Crippen molar-refractivity contribution in [2.24, 2.45) is 0 Å². The normalized spacial score (nSPS) is 11.6. The minimum absolute atomic E-state index is 0.0675. The maximum absolute atomic E-state index is 12.5. The highest BCUT2D eigenvalue weighted by atomic mass is 19.4. The van der Waals surface area contributed by atoms with Gasteiger partial charge in [0.05, 0.1) is 22.7 Å². The summed E-state index contributed by atoms with van der Waals surface area (Å²) in [6.45, 7) is 0. The van der Waals surface area contributed by atoms with E-state index in [0.717, 1.165) is 18.2 Å². The Kier molecular flexibility index (Phi) is 3.36. The lowest BCUT2D eigenvalue weighted by atomic mass is 10.2. The zero-order chi connectivity index (χ0) is 16.6. The average Bonchev–Trinajstić information content (AvgIpc) is 2.94. The highest BCUT2D eigenvalue weighted by Gasteiger charge is 2.30. The lowest BCUT2D eigenvalue weighted by Gasteiger charge is -2.08. The lowest BCUT2D eigenvalue weighted by Crippen LogP contribution is -2.05. The van der Waals surface area contributed by atoms with Crippen molar-refractivity contribution < 1.29 is 22.8 Å². The number of ether oxygens (including phenoxy) is 1. The summed E-state index contributed by atoms with van der Waals surface area (Å²) in [6, 6.07) is 4.45. The molecule has 0 aliphatic rings. The van der Waals surface area contributed by atoms with E-state index in [2.05, 4.69) is 15.2 Å². The van der Waals surface area contributed by atoms with Crippen LogP contribution in [0.5, 0.6) is 11.6 Å². The van der Waals surface area contributed by atoms with Gasteiger partial charge >= 0.3 is 6.18 Å². The summed E-state index contributed by atoms with van der Waals surface area (Å²) in [4.78, 5) is 14.0. The zero-order valence-electron chi connectivity index (χ0n) is 11.2. The van der Waals surface area contributed by atoms with Crippen LogP contribution in [0.4, 0.5) is 18.9 Å². The number of hydrogen-bond donors (Lipinski definition) is 1. The van der Waals surface area contributed by atoms with Crippen molar-refractivity contribution in [1.29, 1.82) is 0 Å². The Balaban J connectivity index is 1.94. The highest BCUT2D eigenvalue weighted by Crippen LogP contribution is 2.33. The van der Waals surface area contributed by atoms with E-state index in [1.54, 1.807) is 0 Å². The number of non-ortho nitro benzene ring substituents is 1. The quantitative estimate of drug-likeness (QED) is 0.586. The second kappa shape index (κ2) is 5.23. The lowest BCUT2D eigenvalue weighted by molar-refractivity contribution is -0.383. The maximum atomic E-state index is 12.5. The molecule has 3 aromatic rings. The van der Waals surface area contributed by atoms with Crippen LogP contribution < -0.4 is 4.74 Å². The Morgan fingerprint density at radius 1 is 1.22 bits per heavy atom. The number of rotatable bonds is 3. The molecule has 0 fully saturated rings. The Morgan fingerprint density at radius 3 is 2.61 bits per heavy atom. The summed E-state index contributed by atoms with van der Waals surface area (Å²) in [5.74, 6) is -0.0481. The van der Waals surface area contributed by atoms with E-state index < -0.39 is 16.7 Å². The number of H-pyrrole nitrogens is 1. The molecule has 0 aliphatic heterocycles. The number of benzene rings is 1. The van der Waals surface area contributed by atoms with E-state index in [9.17, 15) is 23.3 Å². The van der Waals surface area contributed by atoms with Gasteiger partial charge in [-0.15, -0.1) is 0 Å². The van der Waals surface area contributed by atoms with Crippen molar-refractivity contribution in [2.75, 3.05) is 0 Å². The molecule has 2 aromatic heterocycles. The number of fused-ring (bicyclic) bond motifs is 1. The first-order valence-electron chi connectivity index (χ1n) is 6.17. The SMILES string of the molecule is O=[N+]([O-])c1cc(Oc2ccc(C(F)(F)F)cn2)cc2cn[nH]c12. The molecule has 1 aromatic carbocycles. The molecule has 7 nitrogen and oxygen atoms in total. The van der Waals surface area contributed by atoms with Crippen LogP contribution in [0.3, 0.4) is 0 Å². The molecule has 118 valence electrons. The molecule has 23 heavy (non-hydrogen) atoms. The molecule has 0 saturated heterocycles. The van der Waals surface area contributed by atoms with Crippen LogP contribution in [0, 0.1) is 10.1 Å². The Hall–Kier alpha value is -3.17. The molecule has 0 unspecified atom stereocenters. The van der Waals surface area contributed by atoms with Gasteiger partial charge in [-0.2, -0.15) is 18.3 Å². The molecule has 10 heteroatoms. The van der Waals surface area contributed by atoms with E-state index in [-0.39, 0.29) is 22.8 Å². The summed E-state index contributed by atoms with van der Waals surface area (Å²) in [5, 5.41) is 17.7. The first-order chi connectivity index (χ1) is 10.8. The van der Waals surface area contributed by atoms with Gasteiger partial charge in [-0.25, -0.2) is 4.98 Å². The first-order valence-corrected chi connectivity index (χ1v) is 6.17. The number of nitro groups is 1. The van der Waals surface area contributed by atoms with Gasteiger partial charge in [0.15, 0.2) is 0 Å². The van der Waals surface area contributed by atoms with E-state index in [1.807, 2.05) is 0 Å². The fourth-order valence-electron chi connectivity index (χ4n) is 1.94. The topological polar surface area (TPSA) is 93.9 Å². The molecule has 0 bridgehead atoms. The van der Waals surface area contributed by atoms with Gasteiger partial charge in [-0.3, -0.25) is 15.2 Å². The van der Waals surface area contributed by atoms with Crippen molar-refractivity contribution in [2.45, 2.75) is 6.18 Å². The Morgan fingerprint density at radius 2 is 2.00 bits per heavy atom. The number of alkyl halides is 3. The van der Waals surface area contributed by atoms with E-state index in [4.69, 9.17) is 4.74 Å². The van der Waals surface area contributed by atoms with Gasteiger partial charge < -0.3 is 4.74 Å². The molecule has 3 rings (SSSR count). The first kappa shape index (κ1) is 14.8. The number of nitrogens with one attached hydrogen (secondary N) is 1. The molecule has 0 radical (unpaired) electrons.